The Kier molecular flexibility index (Phi) is 3.00. The lowest BCUT2D eigenvalue weighted by atomic mass is 10.1. The number of hydrogen-bond acceptors (Lipinski definition) is 3. The Labute approximate surface area is 76.8 Å². The van der Waals surface area contributed by atoms with E-state index in [9.17, 15) is 4.79 Å². The summed E-state index contributed by atoms with van der Waals surface area (Å²) in [5, 5.41) is 4.01. The van der Waals surface area contributed by atoms with E-state index in [-0.39, 0.29) is 11.8 Å². The normalized spacial score (nSPS) is 13.3. The third kappa shape index (κ3) is 1.93. The molecule has 0 fully saturated rings. The number of likely N-dealkylation sites (N-methyl/N-ethyl adjacent to an activating group) is 1. The lowest BCUT2D eigenvalue weighted by Crippen LogP contribution is -2.25. The Balaban J connectivity index is 2.88. The molecule has 1 unspecified atom stereocenters. The van der Waals surface area contributed by atoms with Crippen LogP contribution in [0.5, 0.6) is 0 Å². The van der Waals surface area contributed by atoms with Gasteiger partial charge in [-0.05, 0) is 43.4 Å². The van der Waals surface area contributed by atoms with Crippen molar-refractivity contribution in [1.82, 2.24) is 4.90 Å². The summed E-state index contributed by atoms with van der Waals surface area (Å²) >= 11 is 1.62. The van der Waals surface area contributed by atoms with Gasteiger partial charge in [0.05, 0.1) is 6.04 Å². The van der Waals surface area contributed by atoms with Crippen molar-refractivity contribution in [2.24, 2.45) is 0 Å². The SMILES string of the molecule is CC(=O)C(c1ccsc1)N(C)C. The van der Waals surface area contributed by atoms with Crippen LogP contribution in [0.25, 0.3) is 0 Å². The quantitative estimate of drug-likeness (QED) is 0.713. The highest BCUT2D eigenvalue weighted by atomic mass is 32.1. The maximum atomic E-state index is 11.2. The van der Waals surface area contributed by atoms with Gasteiger partial charge >= 0.3 is 0 Å². The molecular formula is C9H13NOS. The van der Waals surface area contributed by atoms with Crippen LogP contribution in [0.15, 0.2) is 16.8 Å². The van der Waals surface area contributed by atoms with E-state index in [4.69, 9.17) is 0 Å². The zero-order chi connectivity index (χ0) is 9.14. The fourth-order valence-electron chi connectivity index (χ4n) is 1.33. The zero-order valence-electron chi connectivity index (χ0n) is 7.57. The maximum absolute atomic E-state index is 11.2. The summed E-state index contributed by atoms with van der Waals surface area (Å²) in [7, 11) is 3.84. The van der Waals surface area contributed by atoms with Crippen molar-refractivity contribution < 1.29 is 4.79 Å². The van der Waals surface area contributed by atoms with E-state index in [0.717, 1.165) is 5.56 Å². The predicted molar refractivity (Wildman–Crippen MR) is 51.4 cm³/mol. The topological polar surface area (TPSA) is 20.3 Å². The molecule has 1 aromatic rings. The molecule has 0 radical (unpaired) electrons. The first-order valence-electron chi connectivity index (χ1n) is 3.82. The number of carbonyl (C=O) groups excluding carboxylic acids is 1. The van der Waals surface area contributed by atoms with Crippen LogP contribution in [0, 0.1) is 0 Å². The fourth-order valence-corrected chi connectivity index (χ4v) is 2.01. The molecule has 0 aliphatic carbocycles. The molecule has 12 heavy (non-hydrogen) atoms. The Morgan fingerprint density at radius 2 is 2.25 bits per heavy atom. The van der Waals surface area contributed by atoms with Crippen LogP contribution < -0.4 is 0 Å². The Hall–Kier alpha value is -0.670. The monoisotopic (exact) mass is 183 g/mol. The van der Waals surface area contributed by atoms with E-state index in [1.54, 1.807) is 18.3 Å². The summed E-state index contributed by atoms with van der Waals surface area (Å²) in [6.45, 7) is 1.63. The van der Waals surface area contributed by atoms with Crippen molar-refractivity contribution in [3.8, 4) is 0 Å². The van der Waals surface area contributed by atoms with Crippen LogP contribution >= 0.6 is 11.3 Å². The first-order valence-corrected chi connectivity index (χ1v) is 4.76. The van der Waals surface area contributed by atoms with Crippen LogP contribution in [-0.4, -0.2) is 24.8 Å². The van der Waals surface area contributed by atoms with Crippen LogP contribution in [0.2, 0.25) is 0 Å². The van der Waals surface area contributed by atoms with Crippen molar-refractivity contribution in [1.29, 1.82) is 0 Å². The number of carbonyl (C=O) groups is 1. The van der Waals surface area contributed by atoms with Gasteiger partial charge in [0.2, 0.25) is 0 Å². The van der Waals surface area contributed by atoms with Crippen molar-refractivity contribution in [2.75, 3.05) is 14.1 Å². The second-order valence-corrected chi connectivity index (χ2v) is 3.81. The molecule has 1 aromatic heterocycles. The summed E-state index contributed by atoms with van der Waals surface area (Å²) in [6.07, 6.45) is 0. The van der Waals surface area contributed by atoms with Crippen molar-refractivity contribution in [2.45, 2.75) is 13.0 Å². The average Bonchev–Trinajstić information content (AvgIpc) is 2.37. The van der Waals surface area contributed by atoms with Crippen LogP contribution in [-0.2, 0) is 4.79 Å². The second kappa shape index (κ2) is 3.83. The van der Waals surface area contributed by atoms with E-state index in [1.807, 2.05) is 35.8 Å². The molecule has 0 bridgehead atoms. The number of rotatable bonds is 3. The van der Waals surface area contributed by atoms with E-state index in [2.05, 4.69) is 0 Å². The highest BCUT2D eigenvalue weighted by Crippen LogP contribution is 2.21. The van der Waals surface area contributed by atoms with E-state index in [1.165, 1.54) is 0 Å². The van der Waals surface area contributed by atoms with Crippen LogP contribution in [0.4, 0.5) is 0 Å². The van der Waals surface area contributed by atoms with Gasteiger partial charge < -0.3 is 0 Å². The number of nitrogens with zero attached hydrogens (tertiary/aromatic N) is 1. The first kappa shape index (κ1) is 9.42. The molecule has 0 spiro atoms. The van der Waals surface area contributed by atoms with E-state index >= 15 is 0 Å². The lowest BCUT2D eigenvalue weighted by molar-refractivity contribution is -0.121. The number of hydrogen-bond donors (Lipinski definition) is 0. The summed E-state index contributed by atoms with van der Waals surface area (Å²) in [5.41, 5.74) is 1.09. The molecule has 0 aliphatic heterocycles. The van der Waals surface area contributed by atoms with E-state index < -0.39 is 0 Å². The zero-order valence-corrected chi connectivity index (χ0v) is 8.39. The van der Waals surface area contributed by atoms with Gasteiger partial charge in [-0.25, -0.2) is 0 Å². The molecule has 0 aromatic carbocycles. The third-order valence-corrected chi connectivity index (χ3v) is 2.46. The molecule has 3 heteroatoms. The minimum atomic E-state index is -0.0729. The van der Waals surface area contributed by atoms with Gasteiger partial charge in [-0.1, -0.05) is 0 Å². The minimum Gasteiger partial charge on any atom is -0.298 e. The van der Waals surface area contributed by atoms with Gasteiger partial charge in [-0.2, -0.15) is 11.3 Å². The molecule has 0 aliphatic rings. The average molecular weight is 183 g/mol. The number of ketones is 1. The van der Waals surface area contributed by atoms with Crippen molar-refractivity contribution in [3.05, 3.63) is 22.4 Å². The Bertz CT molecular complexity index is 254. The second-order valence-electron chi connectivity index (χ2n) is 3.03. The molecular weight excluding hydrogens is 170 g/mol. The molecule has 0 saturated heterocycles. The fraction of sp³-hybridized carbons (Fsp3) is 0.444. The Morgan fingerprint density at radius 3 is 2.58 bits per heavy atom. The van der Waals surface area contributed by atoms with Gasteiger partial charge in [0, 0.05) is 0 Å². The smallest absolute Gasteiger partial charge is 0.151 e. The van der Waals surface area contributed by atoms with Crippen molar-refractivity contribution >= 4 is 17.1 Å². The Morgan fingerprint density at radius 1 is 1.58 bits per heavy atom. The molecule has 0 amide bonds. The largest absolute Gasteiger partial charge is 0.298 e. The van der Waals surface area contributed by atoms with Gasteiger partial charge in [0.15, 0.2) is 5.78 Å². The highest BCUT2D eigenvalue weighted by Gasteiger charge is 2.18. The summed E-state index contributed by atoms with van der Waals surface area (Å²) in [6, 6.07) is 1.92. The molecule has 66 valence electrons. The number of Topliss-reactive ketones (excluding diaryl/α,β-unsaturated/α-hetero) is 1. The summed E-state index contributed by atoms with van der Waals surface area (Å²) < 4.78 is 0. The molecule has 0 saturated carbocycles. The van der Waals surface area contributed by atoms with Gasteiger partial charge in [-0.3, -0.25) is 9.69 Å². The molecule has 2 nitrogen and oxygen atoms in total. The predicted octanol–water partition coefficient (Wildman–Crippen LogP) is 1.94. The molecule has 0 N–H and O–H groups in total. The van der Waals surface area contributed by atoms with Gasteiger partial charge in [-0.15, -0.1) is 0 Å². The maximum Gasteiger partial charge on any atom is 0.151 e. The third-order valence-electron chi connectivity index (χ3n) is 1.76. The van der Waals surface area contributed by atoms with Crippen molar-refractivity contribution in [3.63, 3.8) is 0 Å². The standard InChI is InChI=1S/C9H13NOS/c1-7(11)9(10(2)3)8-4-5-12-6-8/h4-6,9H,1-3H3. The molecule has 1 heterocycles. The number of thiophene rings is 1. The molecule has 1 rings (SSSR count). The van der Waals surface area contributed by atoms with Gasteiger partial charge in [0.1, 0.15) is 0 Å². The lowest BCUT2D eigenvalue weighted by Gasteiger charge is -2.20. The highest BCUT2D eigenvalue weighted by molar-refractivity contribution is 7.08. The molecule has 1 atom stereocenters. The minimum absolute atomic E-state index is 0.0729. The van der Waals surface area contributed by atoms with Crippen LogP contribution in [0.1, 0.15) is 18.5 Å². The van der Waals surface area contributed by atoms with Gasteiger partial charge in [0.25, 0.3) is 0 Å². The van der Waals surface area contributed by atoms with Crippen LogP contribution in [0.3, 0.4) is 0 Å². The summed E-state index contributed by atoms with van der Waals surface area (Å²) in [5.74, 6) is 0.193. The summed E-state index contributed by atoms with van der Waals surface area (Å²) in [4.78, 5) is 13.2. The van der Waals surface area contributed by atoms with E-state index in [0.29, 0.717) is 0 Å². The first-order chi connectivity index (χ1) is 5.63.